The standard InChI is InChI=1S/C18H18FN3O6S2/c1-30(27,28)16-13(15(24)25)21-18(29-16)22-17(26)20-12-7-6-10(19)8-11(12)14(23)9-4-2-3-5-9/h6-9H,2-5H2,1H3,(H,24,25)(H2,20,21,22,26). The van der Waals surface area contributed by atoms with Crippen molar-refractivity contribution in [1.82, 2.24) is 4.98 Å². The van der Waals surface area contributed by atoms with Crippen LogP contribution in [0.5, 0.6) is 0 Å². The minimum Gasteiger partial charge on any atom is -0.476 e. The predicted molar refractivity (Wildman–Crippen MR) is 108 cm³/mol. The number of thiazole rings is 1. The molecule has 1 aromatic heterocycles. The van der Waals surface area contributed by atoms with Crippen LogP contribution in [0.3, 0.4) is 0 Å². The molecule has 1 fully saturated rings. The largest absolute Gasteiger partial charge is 0.476 e. The minimum absolute atomic E-state index is 0.0410. The molecule has 9 nitrogen and oxygen atoms in total. The zero-order valence-electron chi connectivity index (χ0n) is 15.8. The SMILES string of the molecule is CS(=O)(=O)c1sc(NC(=O)Nc2ccc(F)cc2C(=O)C2CCCC2)nc1C(=O)O. The molecule has 2 amide bonds. The maximum atomic E-state index is 13.7. The molecular formula is C18H18FN3O6S2. The number of carboxylic acids is 1. The van der Waals surface area contributed by atoms with E-state index in [9.17, 15) is 27.2 Å². The van der Waals surface area contributed by atoms with Gasteiger partial charge in [-0.15, -0.1) is 0 Å². The minimum atomic E-state index is -3.87. The molecule has 0 radical (unpaired) electrons. The second-order valence-corrected chi connectivity index (χ2v) is 10.1. The second-order valence-electron chi connectivity index (χ2n) is 6.85. The average Bonchev–Trinajstić information content (AvgIpc) is 3.32. The van der Waals surface area contributed by atoms with E-state index >= 15 is 0 Å². The van der Waals surface area contributed by atoms with Crippen molar-refractivity contribution in [3.63, 3.8) is 0 Å². The van der Waals surface area contributed by atoms with Gasteiger partial charge < -0.3 is 10.4 Å². The van der Waals surface area contributed by atoms with Crippen molar-refractivity contribution < 1.29 is 32.3 Å². The highest BCUT2D eigenvalue weighted by Crippen LogP contribution is 2.31. The zero-order valence-corrected chi connectivity index (χ0v) is 17.4. The third-order valence-corrected chi connectivity index (χ3v) is 7.37. The van der Waals surface area contributed by atoms with Crippen molar-refractivity contribution in [1.29, 1.82) is 0 Å². The first-order chi connectivity index (χ1) is 14.1. The Morgan fingerprint density at radius 2 is 1.87 bits per heavy atom. The summed E-state index contributed by atoms with van der Waals surface area (Å²) in [6, 6.07) is 2.52. The maximum Gasteiger partial charge on any atom is 0.356 e. The number of benzene rings is 1. The monoisotopic (exact) mass is 455 g/mol. The molecule has 3 N–H and O–H groups in total. The normalized spacial score (nSPS) is 14.5. The third-order valence-electron chi connectivity index (χ3n) is 4.58. The third kappa shape index (κ3) is 4.82. The topological polar surface area (TPSA) is 143 Å². The number of hydrogen-bond donors (Lipinski definition) is 3. The number of aromatic nitrogens is 1. The lowest BCUT2D eigenvalue weighted by atomic mass is 9.95. The fourth-order valence-electron chi connectivity index (χ4n) is 3.23. The van der Waals surface area contributed by atoms with E-state index in [2.05, 4.69) is 15.6 Å². The molecule has 1 aliphatic carbocycles. The number of hydrogen-bond acceptors (Lipinski definition) is 7. The van der Waals surface area contributed by atoms with Crippen molar-refractivity contribution in [3.8, 4) is 0 Å². The summed E-state index contributed by atoms with van der Waals surface area (Å²) >= 11 is 0.488. The first-order valence-corrected chi connectivity index (χ1v) is 11.6. The number of nitrogens with zero attached hydrogens (tertiary/aromatic N) is 1. The molecule has 12 heteroatoms. The van der Waals surface area contributed by atoms with Crippen LogP contribution < -0.4 is 10.6 Å². The van der Waals surface area contributed by atoms with E-state index < -0.39 is 37.6 Å². The Morgan fingerprint density at radius 1 is 1.20 bits per heavy atom. The van der Waals surface area contributed by atoms with Crippen LogP contribution in [0.2, 0.25) is 0 Å². The van der Waals surface area contributed by atoms with Gasteiger partial charge in [0.25, 0.3) is 0 Å². The molecule has 3 rings (SSSR count). The summed E-state index contributed by atoms with van der Waals surface area (Å²) in [6.07, 6.45) is 4.05. The van der Waals surface area contributed by atoms with Gasteiger partial charge in [0.15, 0.2) is 30.7 Å². The van der Waals surface area contributed by atoms with E-state index in [1.54, 1.807) is 0 Å². The number of anilines is 2. The highest BCUT2D eigenvalue weighted by atomic mass is 32.2. The van der Waals surface area contributed by atoms with Gasteiger partial charge in [0.05, 0.1) is 5.69 Å². The molecule has 0 spiro atoms. The Bertz CT molecular complexity index is 1120. The lowest BCUT2D eigenvalue weighted by molar-refractivity contribution is 0.0687. The van der Waals surface area contributed by atoms with Crippen LogP contribution in [-0.2, 0) is 9.84 Å². The number of carbonyl (C=O) groups excluding carboxylic acids is 2. The van der Waals surface area contributed by atoms with Gasteiger partial charge >= 0.3 is 12.0 Å². The van der Waals surface area contributed by atoms with Gasteiger partial charge in [-0.1, -0.05) is 24.2 Å². The van der Waals surface area contributed by atoms with Gasteiger partial charge in [-0.2, -0.15) is 0 Å². The number of halogens is 1. The second kappa shape index (κ2) is 8.48. The summed E-state index contributed by atoms with van der Waals surface area (Å²) in [7, 11) is -3.87. The van der Waals surface area contributed by atoms with Crippen LogP contribution in [-0.4, -0.2) is 42.5 Å². The van der Waals surface area contributed by atoms with Crippen LogP contribution in [0.4, 0.5) is 20.0 Å². The number of sulfone groups is 1. The summed E-state index contributed by atoms with van der Waals surface area (Å²) in [5.74, 6) is -2.66. The van der Waals surface area contributed by atoms with Crippen LogP contribution >= 0.6 is 11.3 Å². The van der Waals surface area contributed by atoms with Gasteiger partial charge in [0.1, 0.15) is 5.82 Å². The summed E-state index contributed by atoms with van der Waals surface area (Å²) in [6.45, 7) is 0. The Balaban J connectivity index is 1.82. The Kier molecular flexibility index (Phi) is 6.17. The maximum absolute atomic E-state index is 13.7. The summed E-state index contributed by atoms with van der Waals surface area (Å²) in [4.78, 5) is 39.9. The van der Waals surface area contributed by atoms with Gasteiger partial charge in [-0.3, -0.25) is 10.1 Å². The molecule has 30 heavy (non-hydrogen) atoms. The molecule has 2 aromatic rings. The Labute approximate surface area is 175 Å². The number of carboxylic acid groups (broad SMARTS) is 1. The van der Waals surface area contributed by atoms with Crippen LogP contribution in [0.15, 0.2) is 22.4 Å². The molecule has 0 bridgehead atoms. The number of urea groups is 1. The number of ketones is 1. The average molecular weight is 455 g/mol. The Morgan fingerprint density at radius 3 is 2.43 bits per heavy atom. The number of Topliss-reactive ketones (excluding diaryl/α,β-unsaturated/α-hetero) is 1. The number of nitrogens with one attached hydrogen (secondary N) is 2. The van der Waals surface area contributed by atoms with Gasteiger partial charge in [0, 0.05) is 17.7 Å². The molecule has 0 saturated heterocycles. The summed E-state index contributed by atoms with van der Waals surface area (Å²) < 4.78 is 36.7. The van der Waals surface area contributed by atoms with Gasteiger partial charge in [-0.25, -0.2) is 27.4 Å². The first-order valence-electron chi connectivity index (χ1n) is 8.92. The molecule has 160 valence electrons. The van der Waals surface area contributed by atoms with E-state index in [-0.39, 0.29) is 28.1 Å². The van der Waals surface area contributed by atoms with Gasteiger partial charge in [-0.05, 0) is 31.0 Å². The summed E-state index contributed by atoms with van der Waals surface area (Å²) in [5, 5.41) is 13.5. The van der Waals surface area contributed by atoms with E-state index in [0.717, 1.165) is 31.2 Å². The molecule has 1 heterocycles. The molecular weight excluding hydrogens is 437 g/mol. The molecule has 0 atom stereocenters. The van der Waals surface area contributed by atoms with Crippen LogP contribution in [0.25, 0.3) is 0 Å². The van der Waals surface area contributed by atoms with Crippen LogP contribution in [0, 0.1) is 11.7 Å². The number of carbonyl (C=O) groups is 3. The van der Waals surface area contributed by atoms with Gasteiger partial charge in [0.2, 0.25) is 0 Å². The van der Waals surface area contributed by atoms with Crippen molar-refractivity contribution in [2.45, 2.75) is 29.9 Å². The quantitative estimate of drug-likeness (QED) is 0.567. The van der Waals surface area contributed by atoms with E-state index in [0.29, 0.717) is 24.2 Å². The fourth-order valence-corrected chi connectivity index (χ4v) is 5.25. The Hall–Kier alpha value is -2.86. The number of rotatable bonds is 6. The highest BCUT2D eigenvalue weighted by Gasteiger charge is 2.28. The number of amides is 2. The van der Waals surface area contributed by atoms with Crippen molar-refractivity contribution in [2.75, 3.05) is 16.9 Å². The first kappa shape index (κ1) is 21.8. The molecule has 1 saturated carbocycles. The molecule has 1 aliphatic rings. The van der Waals surface area contributed by atoms with E-state index in [1.807, 2.05) is 0 Å². The smallest absolute Gasteiger partial charge is 0.356 e. The van der Waals surface area contributed by atoms with Crippen molar-refractivity contribution >= 4 is 49.8 Å². The fraction of sp³-hybridized carbons (Fsp3) is 0.333. The zero-order chi connectivity index (χ0) is 22.1. The lowest BCUT2D eigenvalue weighted by Crippen LogP contribution is -2.22. The van der Waals surface area contributed by atoms with Crippen molar-refractivity contribution in [3.05, 3.63) is 35.3 Å². The molecule has 0 unspecified atom stereocenters. The van der Waals surface area contributed by atoms with E-state index in [1.165, 1.54) is 6.07 Å². The number of aromatic carboxylic acids is 1. The van der Waals surface area contributed by atoms with E-state index in [4.69, 9.17) is 5.11 Å². The molecule has 0 aliphatic heterocycles. The highest BCUT2D eigenvalue weighted by molar-refractivity contribution is 7.93. The molecule has 1 aromatic carbocycles. The van der Waals surface area contributed by atoms with Crippen LogP contribution in [0.1, 0.15) is 46.5 Å². The van der Waals surface area contributed by atoms with Crippen molar-refractivity contribution in [2.24, 2.45) is 5.92 Å². The lowest BCUT2D eigenvalue weighted by Gasteiger charge is -2.14. The predicted octanol–water partition coefficient (Wildman–Crippen LogP) is 3.40. The summed E-state index contributed by atoms with van der Waals surface area (Å²) in [5.41, 5.74) is -0.569.